The van der Waals surface area contributed by atoms with Crippen molar-refractivity contribution in [3.8, 4) is 33.4 Å². The Morgan fingerprint density at radius 1 is 0.379 bits per heavy atom. The first-order chi connectivity index (χ1) is 28.4. The molecule has 0 saturated heterocycles. The highest BCUT2D eigenvalue weighted by Gasteiger charge is 2.46. The highest BCUT2D eigenvalue weighted by atomic mass is 15.1. The summed E-state index contributed by atoms with van der Waals surface area (Å²) in [4.78, 5) is 2.46. The fraction of sp³-hybridized carbons (Fsp3) is 0.0877. The molecule has 0 radical (unpaired) electrons. The fourth-order valence-corrected chi connectivity index (χ4v) is 9.65. The Kier molecular flexibility index (Phi) is 8.68. The molecule has 0 spiro atoms. The van der Waals surface area contributed by atoms with Gasteiger partial charge in [-0.25, -0.2) is 0 Å². The van der Waals surface area contributed by atoms with Crippen molar-refractivity contribution >= 4 is 27.8 Å². The van der Waals surface area contributed by atoms with Crippen molar-refractivity contribution in [2.45, 2.75) is 31.6 Å². The quantitative estimate of drug-likeness (QED) is 0.157. The van der Waals surface area contributed by atoms with Crippen LogP contribution >= 0.6 is 0 Å². The molecule has 0 aromatic heterocycles. The summed E-state index contributed by atoms with van der Waals surface area (Å²) in [5, 5.41) is 2.42. The van der Waals surface area contributed by atoms with Crippen molar-refractivity contribution in [3.63, 3.8) is 0 Å². The van der Waals surface area contributed by atoms with Crippen LogP contribution in [-0.2, 0) is 10.8 Å². The molecule has 0 heterocycles. The highest BCUT2D eigenvalue weighted by molar-refractivity contribution is 6.00. The maximum absolute atomic E-state index is 2.46. The first kappa shape index (κ1) is 35.5. The van der Waals surface area contributed by atoms with Crippen LogP contribution in [0.3, 0.4) is 0 Å². The zero-order valence-corrected chi connectivity index (χ0v) is 33.2. The van der Waals surface area contributed by atoms with Gasteiger partial charge in [-0.3, -0.25) is 0 Å². The van der Waals surface area contributed by atoms with Gasteiger partial charge in [-0.1, -0.05) is 209 Å². The van der Waals surface area contributed by atoms with E-state index in [0.717, 1.165) is 17.1 Å². The van der Waals surface area contributed by atoms with Gasteiger partial charge < -0.3 is 4.90 Å². The van der Waals surface area contributed by atoms with Crippen LogP contribution in [0.1, 0.15) is 48.6 Å². The second-order valence-corrected chi connectivity index (χ2v) is 16.5. The van der Waals surface area contributed by atoms with Gasteiger partial charge >= 0.3 is 0 Å². The maximum atomic E-state index is 2.46. The molecule has 1 aliphatic carbocycles. The van der Waals surface area contributed by atoms with E-state index in [4.69, 9.17) is 0 Å². The Balaban J connectivity index is 1.19. The molecule has 0 N–H and O–H groups in total. The van der Waals surface area contributed by atoms with E-state index in [-0.39, 0.29) is 5.41 Å². The summed E-state index contributed by atoms with van der Waals surface area (Å²) >= 11 is 0. The van der Waals surface area contributed by atoms with Gasteiger partial charge in [0.15, 0.2) is 0 Å². The first-order valence-electron chi connectivity index (χ1n) is 20.4. The van der Waals surface area contributed by atoms with Gasteiger partial charge in [0.2, 0.25) is 0 Å². The summed E-state index contributed by atoms with van der Waals surface area (Å²) in [5.74, 6) is 0. The summed E-state index contributed by atoms with van der Waals surface area (Å²) in [5.41, 5.74) is 16.9. The Hall–Kier alpha value is -6.96. The van der Waals surface area contributed by atoms with Gasteiger partial charge in [0, 0.05) is 16.8 Å². The lowest BCUT2D eigenvalue weighted by molar-refractivity contribution is 0.593. The van der Waals surface area contributed by atoms with Crippen LogP contribution in [0.5, 0.6) is 0 Å². The van der Waals surface area contributed by atoms with E-state index >= 15 is 0 Å². The molecular formula is C57H45N. The minimum absolute atomic E-state index is 0.0680. The van der Waals surface area contributed by atoms with Crippen molar-refractivity contribution in [1.82, 2.24) is 0 Å². The van der Waals surface area contributed by atoms with E-state index in [1.54, 1.807) is 0 Å². The van der Waals surface area contributed by atoms with Gasteiger partial charge in [0.1, 0.15) is 0 Å². The Labute approximate surface area is 342 Å². The van der Waals surface area contributed by atoms with Crippen LogP contribution in [0.15, 0.2) is 218 Å². The molecule has 9 aromatic rings. The fourth-order valence-electron chi connectivity index (χ4n) is 9.65. The molecule has 1 aliphatic rings. The molecule has 0 unspecified atom stereocenters. The average Bonchev–Trinajstić information content (AvgIpc) is 3.57. The molecule has 0 aliphatic heterocycles. The van der Waals surface area contributed by atoms with Crippen molar-refractivity contribution in [1.29, 1.82) is 0 Å². The summed E-state index contributed by atoms with van der Waals surface area (Å²) in [6.07, 6.45) is 0. The summed E-state index contributed by atoms with van der Waals surface area (Å²) in [6, 6.07) is 80.5. The van der Waals surface area contributed by atoms with Crippen LogP contribution < -0.4 is 4.90 Å². The minimum Gasteiger partial charge on any atom is -0.310 e. The smallest absolute Gasteiger partial charge is 0.0714 e. The molecular weight excluding hydrogens is 699 g/mol. The number of fused-ring (bicyclic) bond motifs is 4. The summed E-state index contributed by atoms with van der Waals surface area (Å²) in [7, 11) is 0. The molecule has 278 valence electrons. The monoisotopic (exact) mass is 743 g/mol. The third-order valence-electron chi connectivity index (χ3n) is 12.0. The van der Waals surface area contributed by atoms with Crippen LogP contribution in [0.4, 0.5) is 17.1 Å². The third-order valence-corrected chi connectivity index (χ3v) is 12.0. The SMILES string of the molecule is CC(C)(C)c1c(-c2ccccc2)cccc1-c1ccc(N(c2ccc3c(c2)C(c2ccccc2)(c2ccccc2)c2ccccc2-3)c2cccc3ccccc23)cc1. The highest BCUT2D eigenvalue weighted by Crippen LogP contribution is 2.57. The zero-order valence-electron chi connectivity index (χ0n) is 33.2. The van der Waals surface area contributed by atoms with Crippen molar-refractivity contribution in [2.75, 3.05) is 4.90 Å². The lowest BCUT2D eigenvalue weighted by Gasteiger charge is -2.35. The van der Waals surface area contributed by atoms with Crippen LogP contribution in [0.25, 0.3) is 44.2 Å². The van der Waals surface area contributed by atoms with Gasteiger partial charge in [-0.15, -0.1) is 0 Å². The largest absolute Gasteiger partial charge is 0.310 e. The van der Waals surface area contributed by atoms with Gasteiger partial charge in [0.05, 0.1) is 11.1 Å². The molecule has 0 bridgehead atoms. The van der Waals surface area contributed by atoms with E-state index in [0.29, 0.717) is 0 Å². The van der Waals surface area contributed by atoms with Crippen molar-refractivity contribution < 1.29 is 0 Å². The molecule has 1 heteroatoms. The number of hydrogen-bond donors (Lipinski definition) is 0. The van der Waals surface area contributed by atoms with E-state index in [9.17, 15) is 0 Å². The molecule has 0 fully saturated rings. The molecule has 1 nitrogen and oxygen atoms in total. The predicted molar refractivity (Wildman–Crippen MR) is 246 cm³/mol. The number of benzene rings is 9. The second-order valence-electron chi connectivity index (χ2n) is 16.5. The molecule has 0 saturated carbocycles. The average molecular weight is 744 g/mol. The lowest BCUT2D eigenvalue weighted by Crippen LogP contribution is -2.28. The molecule has 9 aromatic carbocycles. The maximum Gasteiger partial charge on any atom is 0.0714 e. The van der Waals surface area contributed by atoms with Crippen molar-refractivity contribution in [2.24, 2.45) is 0 Å². The van der Waals surface area contributed by atoms with Crippen LogP contribution in [0, 0.1) is 0 Å². The standard InChI is InChI=1S/C57H45N/c1-56(2,3)55-48(41-19-7-4-8-20-41)29-18-30-49(55)42-33-35-45(36-34-42)58(54-32-17-22-40-21-13-14-27-47(40)54)46-37-38-51-50-28-15-16-31-52(50)57(53(51)39-46,43-23-9-5-10-24-43)44-25-11-6-12-26-44/h4-39H,1-3H3. The lowest BCUT2D eigenvalue weighted by atomic mass is 9.67. The predicted octanol–water partition coefficient (Wildman–Crippen LogP) is 15.3. The van der Waals surface area contributed by atoms with Gasteiger partial charge in [-0.2, -0.15) is 0 Å². The summed E-state index contributed by atoms with van der Waals surface area (Å²) < 4.78 is 0. The number of hydrogen-bond acceptors (Lipinski definition) is 1. The van der Waals surface area contributed by atoms with Gasteiger partial charge in [0.25, 0.3) is 0 Å². The van der Waals surface area contributed by atoms with Gasteiger partial charge in [-0.05, 0) is 102 Å². The summed E-state index contributed by atoms with van der Waals surface area (Å²) in [6.45, 7) is 6.98. The number of anilines is 3. The molecule has 0 amide bonds. The van der Waals surface area contributed by atoms with Crippen LogP contribution in [0.2, 0.25) is 0 Å². The van der Waals surface area contributed by atoms with Crippen LogP contribution in [-0.4, -0.2) is 0 Å². The normalized spacial score (nSPS) is 12.9. The minimum atomic E-state index is -0.494. The van der Waals surface area contributed by atoms with E-state index < -0.39 is 5.41 Å². The number of rotatable bonds is 7. The number of nitrogens with zero attached hydrogens (tertiary/aromatic N) is 1. The second kappa shape index (κ2) is 14.2. The molecule has 10 rings (SSSR count). The first-order valence-corrected chi connectivity index (χ1v) is 20.4. The Morgan fingerprint density at radius 3 is 1.55 bits per heavy atom. The van der Waals surface area contributed by atoms with E-state index in [2.05, 4.69) is 244 Å². The topological polar surface area (TPSA) is 3.24 Å². The van der Waals surface area contributed by atoms with Crippen molar-refractivity contribution in [3.05, 3.63) is 246 Å². The Morgan fingerprint density at radius 2 is 0.879 bits per heavy atom. The molecule has 0 atom stereocenters. The Bertz CT molecular complexity index is 2860. The molecule has 58 heavy (non-hydrogen) atoms. The third kappa shape index (κ3) is 5.77. The van der Waals surface area contributed by atoms with E-state index in [1.165, 1.54) is 72.0 Å². The zero-order chi connectivity index (χ0) is 39.3. The van der Waals surface area contributed by atoms with E-state index in [1.807, 2.05) is 0 Å².